The van der Waals surface area contributed by atoms with Gasteiger partial charge in [-0.1, -0.05) is 11.6 Å². The zero-order valence-corrected chi connectivity index (χ0v) is 16.6. The van der Waals surface area contributed by atoms with Crippen LogP contribution in [-0.4, -0.2) is 29.2 Å². The van der Waals surface area contributed by atoms with E-state index in [2.05, 4.69) is 36.5 Å². The molecule has 0 saturated carbocycles. The van der Waals surface area contributed by atoms with Crippen LogP contribution in [0.5, 0.6) is 5.75 Å². The van der Waals surface area contributed by atoms with Crippen LogP contribution in [0.1, 0.15) is 12.8 Å². The fourth-order valence-corrected chi connectivity index (χ4v) is 3.58. The molecule has 0 amide bonds. The quantitative estimate of drug-likeness (QED) is 0.581. The molecule has 0 aliphatic carbocycles. The van der Waals surface area contributed by atoms with E-state index in [0.29, 0.717) is 11.6 Å². The fraction of sp³-hybridized carbons (Fsp3) is 0.263. The van der Waals surface area contributed by atoms with Crippen LogP contribution >= 0.6 is 27.5 Å². The smallest absolute Gasteiger partial charge is 0.227 e. The molecule has 0 spiro atoms. The van der Waals surface area contributed by atoms with Crippen LogP contribution in [-0.2, 0) is 0 Å². The van der Waals surface area contributed by atoms with Gasteiger partial charge in [-0.15, -0.1) is 0 Å². The van der Waals surface area contributed by atoms with Gasteiger partial charge in [0.25, 0.3) is 0 Å². The van der Waals surface area contributed by atoms with E-state index in [-0.39, 0.29) is 11.1 Å². The van der Waals surface area contributed by atoms with Gasteiger partial charge in [-0.3, -0.25) is 0 Å². The van der Waals surface area contributed by atoms with Crippen molar-refractivity contribution in [2.24, 2.45) is 0 Å². The van der Waals surface area contributed by atoms with E-state index in [4.69, 9.17) is 16.3 Å². The third kappa shape index (κ3) is 4.31. The van der Waals surface area contributed by atoms with Gasteiger partial charge in [0.2, 0.25) is 5.95 Å². The van der Waals surface area contributed by atoms with Gasteiger partial charge < -0.3 is 15.4 Å². The molecule has 0 radical (unpaired) electrons. The van der Waals surface area contributed by atoms with Gasteiger partial charge in [-0.05, 0) is 72.2 Å². The Bertz CT molecular complexity index is 981. The number of hydrogen-bond acceptors (Lipinski definition) is 5. The van der Waals surface area contributed by atoms with Crippen LogP contribution in [0.15, 0.2) is 41.0 Å². The Morgan fingerprint density at radius 1 is 1.22 bits per heavy atom. The first-order chi connectivity index (χ1) is 13.1. The van der Waals surface area contributed by atoms with Crippen molar-refractivity contribution in [1.29, 1.82) is 0 Å². The van der Waals surface area contributed by atoms with Crippen molar-refractivity contribution in [3.8, 4) is 5.75 Å². The van der Waals surface area contributed by atoms with Crippen LogP contribution in [0, 0.1) is 5.82 Å². The molecule has 4 rings (SSSR count). The van der Waals surface area contributed by atoms with Gasteiger partial charge in [0.05, 0.1) is 15.0 Å². The minimum atomic E-state index is -0.466. The number of anilines is 2. The summed E-state index contributed by atoms with van der Waals surface area (Å²) in [6.07, 6.45) is 3.93. The van der Waals surface area contributed by atoms with Crippen LogP contribution in [0.4, 0.5) is 16.0 Å². The lowest BCUT2D eigenvalue weighted by molar-refractivity contribution is 0.161. The zero-order valence-electron chi connectivity index (χ0n) is 14.3. The minimum absolute atomic E-state index is 0.0447. The predicted octanol–water partition coefficient (Wildman–Crippen LogP) is 5.06. The molecule has 1 aliphatic rings. The van der Waals surface area contributed by atoms with E-state index in [9.17, 15) is 4.39 Å². The second kappa shape index (κ2) is 7.96. The lowest BCUT2D eigenvalue weighted by atomic mass is 10.1. The Morgan fingerprint density at radius 2 is 2.04 bits per heavy atom. The summed E-state index contributed by atoms with van der Waals surface area (Å²) >= 11 is 9.39. The molecule has 5 nitrogen and oxygen atoms in total. The highest BCUT2D eigenvalue weighted by Crippen LogP contribution is 2.32. The third-order valence-electron chi connectivity index (χ3n) is 4.39. The molecule has 1 saturated heterocycles. The number of aromatic nitrogens is 2. The average molecular weight is 452 g/mol. The number of fused-ring (bicyclic) bond motifs is 1. The summed E-state index contributed by atoms with van der Waals surface area (Å²) in [6.45, 7) is 1.95. The second-order valence-corrected chi connectivity index (χ2v) is 7.62. The van der Waals surface area contributed by atoms with Crippen LogP contribution in [0.25, 0.3) is 10.9 Å². The molecule has 3 aromatic rings. The Kier molecular flexibility index (Phi) is 5.43. The monoisotopic (exact) mass is 450 g/mol. The van der Waals surface area contributed by atoms with Gasteiger partial charge in [0, 0.05) is 17.3 Å². The van der Waals surface area contributed by atoms with Crippen molar-refractivity contribution in [1.82, 2.24) is 15.3 Å². The normalized spacial score (nSPS) is 15.1. The van der Waals surface area contributed by atoms with Gasteiger partial charge >= 0.3 is 0 Å². The lowest BCUT2D eigenvalue weighted by Gasteiger charge is -2.24. The summed E-state index contributed by atoms with van der Waals surface area (Å²) in [4.78, 5) is 8.85. The Morgan fingerprint density at radius 3 is 2.81 bits per heavy atom. The molecule has 8 heteroatoms. The topological polar surface area (TPSA) is 59.1 Å². The molecule has 2 aromatic carbocycles. The fourth-order valence-electron chi connectivity index (χ4n) is 2.98. The number of piperidine rings is 1. The zero-order chi connectivity index (χ0) is 18.8. The van der Waals surface area contributed by atoms with E-state index in [1.807, 2.05) is 12.1 Å². The molecule has 1 fully saturated rings. The molecule has 140 valence electrons. The second-order valence-electron chi connectivity index (χ2n) is 6.36. The number of benzene rings is 2. The molecule has 1 aliphatic heterocycles. The maximum Gasteiger partial charge on any atom is 0.227 e. The molecule has 0 unspecified atom stereocenters. The number of ether oxygens (including phenoxy) is 1. The summed E-state index contributed by atoms with van der Waals surface area (Å²) in [5, 5.41) is 7.29. The van der Waals surface area contributed by atoms with Gasteiger partial charge in [-0.25, -0.2) is 14.4 Å². The van der Waals surface area contributed by atoms with Crippen molar-refractivity contribution in [2.75, 3.05) is 18.4 Å². The summed E-state index contributed by atoms with van der Waals surface area (Å²) in [5.41, 5.74) is 1.39. The summed E-state index contributed by atoms with van der Waals surface area (Å²) < 4.78 is 20.3. The summed E-state index contributed by atoms with van der Waals surface area (Å²) in [6, 6.07) is 8.24. The largest absolute Gasteiger partial charge is 0.489 e. The van der Waals surface area contributed by atoms with Crippen LogP contribution in [0.2, 0.25) is 5.02 Å². The maximum atomic E-state index is 13.3. The number of nitrogens with zero attached hydrogens (tertiary/aromatic N) is 2. The molecule has 27 heavy (non-hydrogen) atoms. The molecule has 2 N–H and O–H groups in total. The molecular formula is C19H17BrClFN4O. The Labute approximate surface area is 169 Å². The number of halogens is 3. The standard InChI is InChI=1S/C19H17BrClFN4O/c20-14-9-17-11(7-18(14)27-13-3-5-23-6-4-13)10-24-19(26-17)25-12-1-2-16(22)15(21)8-12/h1-2,7-10,13,23H,3-6H2,(H,24,25,26). The van der Waals surface area contributed by atoms with E-state index in [1.54, 1.807) is 12.3 Å². The van der Waals surface area contributed by atoms with Crippen molar-refractivity contribution in [3.63, 3.8) is 0 Å². The van der Waals surface area contributed by atoms with E-state index >= 15 is 0 Å². The first-order valence-corrected chi connectivity index (χ1v) is 9.81. The van der Waals surface area contributed by atoms with Crippen molar-refractivity contribution in [3.05, 3.63) is 51.8 Å². The van der Waals surface area contributed by atoms with E-state index < -0.39 is 5.82 Å². The molecule has 2 heterocycles. The third-order valence-corrected chi connectivity index (χ3v) is 5.30. The first-order valence-electron chi connectivity index (χ1n) is 8.64. The SMILES string of the molecule is Fc1ccc(Nc2ncc3cc(OC4CCNCC4)c(Br)cc3n2)cc1Cl. The number of rotatable bonds is 4. The molecule has 0 atom stereocenters. The highest BCUT2D eigenvalue weighted by molar-refractivity contribution is 9.10. The minimum Gasteiger partial charge on any atom is -0.489 e. The lowest BCUT2D eigenvalue weighted by Crippen LogP contribution is -2.34. The average Bonchev–Trinajstić information content (AvgIpc) is 2.66. The van der Waals surface area contributed by atoms with Crippen molar-refractivity contribution < 1.29 is 9.13 Å². The van der Waals surface area contributed by atoms with Gasteiger partial charge in [-0.2, -0.15) is 0 Å². The first kappa shape index (κ1) is 18.4. The molecular weight excluding hydrogens is 435 g/mol. The number of hydrogen-bond donors (Lipinski definition) is 2. The van der Waals surface area contributed by atoms with Crippen molar-refractivity contribution >= 4 is 50.1 Å². The van der Waals surface area contributed by atoms with Gasteiger partial charge in [0.15, 0.2) is 0 Å². The highest BCUT2D eigenvalue weighted by Gasteiger charge is 2.16. The molecule has 1 aromatic heterocycles. The van der Waals surface area contributed by atoms with Crippen LogP contribution < -0.4 is 15.4 Å². The van der Waals surface area contributed by atoms with Gasteiger partial charge in [0.1, 0.15) is 17.7 Å². The van der Waals surface area contributed by atoms with E-state index in [1.165, 1.54) is 12.1 Å². The summed E-state index contributed by atoms with van der Waals surface area (Å²) in [5.74, 6) is 0.736. The number of nitrogens with one attached hydrogen (secondary N) is 2. The maximum absolute atomic E-state index is 13.3. The van der Waals surface area contributed by atoms with E-state index in [0.717, 1.165) is 47.1 Å². The molecule has 0 bridgehead atoms. The highest BCUT2D eigenvalue weighted by atomic mass is 79.9. The Hall–Kier alpha value is -1.96. The Balaban J connectivity index is 1.57. The van der Waals surface area contributed by atoms with Crippen molar-refractivity contribution in [2.45, 2.75) is 18.9 Å². The predicted molar refractivity (Wildman–Crippen MR) is 108 cm³/mol. The summed E-state index contributed by atoms with van der Waals surface area (Å²) in [7, 11) is 0. The van der Waals surface area contributed by atoms with Crippen LogP contribution in [0.3, 0.4) is 0 Å².